The molecule has 3 rings (SSSR count). The van der Waals surface area contributed by atoms with Crippen molar-refractivity contribution in [3.63, 3.8) is 0 Å². The molecule has 0 saturated carbocycles. The third-order valence-corrected chi connectivity index (χ3v) is 4.27. The molecule has 11 nitrogen and oxygen atoms in total. The average molecular weight is 425 g/mol. The van der Waals surface area contributed by atoms with E-state index in [1.165, 1.54) is 30.3 Å². The van der Waals surface area contributed by atoms with Crippen LogP contribution in [-0.2, 0) is 9.59 Å². The average Bonchev–Trinajstić information content (AvgIpc) is 2.72. The summed E-state index contributed by atoms with van der Waals surface area (Å²) in [4.78, 5) is 59.6. The van der Waals surface area contributed by atoms with E-state index in [0.29, 0.717) is 4.90 Å². The van der Waals surface area contributed by atoms with Gasteiger partial charge in [-0.05, 0) is 42.8 Å². The number of carboxylic acids is 1. The fourth-order valence-electron chi connectivity index (χ4n) is 2.87. The van der Waals surface area contributed by atoms with Gasteiger partial charge in [-0.2, -0.15) is 0 Å². The number of nitrogens with one attached hydrogen (secondary N) is 1. The number of urea groups is 1. The first-order chi connectivity index (χ1) is 14.7. The van der Waals surface area contributed by atoms with Gasteiger partial charge in [-0.1, -0.05) is 6.07 Å². The molecule has 1 aliphatic rings. The van der Waals surface area contributed by atoms with Crippen LogP contribution in [0.2, 0.25) is 0 Å². The van der Waals surface area contributed by atoms with E-state index in [9.17, 15) is 34.4 Å². The Bertz CT molecular complexity index is 1140. The van der Waals surface area contributed by atoms with Crippen molar-refractivity contribution >= 4 is 41.3 Å². The Labute approximate surface area is 174 Å². The van der Waals surface area contributed by atoms with E-state index < -0.39 is 34.3 Å². The van der Waals surface area contributed by atoms with Crippen LogP contribution in [0.1, 0.15) is 22.8 Å². The van der Waals surface area contributed by atoms with Gasteiger partial charge in [0.2, 0.25) is 0 Å². The zero-order valence-corrected chi connectivity index (χ0v) is 16.0. The number of barbiturate groups is 1. The molecule has 0 atom stereocenters. The molecular formula is C20H15N3O8. The summed E-state index contributed by atoms with van der Waals surface area (Å²) in [5.41, 5.74) is -0.584. The summed E-state index contributed by atoms with van der Waals surface area (Å²) in [5.74, 6) is -3.06. The number of carboxylic acid groups (broad SMARTS) is 1. The molecule has 1 aliphatic heterocycles. The number of non-ortho nitro benzene ring substituents is 1. The van der Waals surface area contributed by atoms with Gasteiger partial charge in [0.1, 0.15) is 16.9 Å². The topological polar surface area (TPSA) is 156 Å². The molecule has 1 heterocycles. The molecule has 0 radical (unpaired) electrons. The van der Waals surface area contributed by atoms with Gasteiger partial charge in [-0.25, -0.2) is 14.5 Å². The second-order valence-electron chi connectivity index (χ2n) is 6.23. The number of rotatable bonds is 6. The second kappa shape index (κ2) is 8.45. The Morgan fingerprint density at radius 2 is 1.87 bits per heavy atom. The number of nitro groups is 1. The van der Waals surface area contributed by atoms with Crippen LogP contribution in [0.15, 0.2) is 48.0 Å². The molecule has 2 N–H and O–H groups in total. The molecule has 11 heteroatoms. The first kappa shape index (κ1) is 21.2. The van der Waals surface area contributed by atoms with Gasteiger partial charge in [0.25, 0.3) is 17.5 Å². The van der Waals surface area contributed by atoms with Gasteiger partial charge in [-0.15, -0.1) is 0 Å². The van der Waals surface area contributed by atoms with Gasteiger partial charge in [0.15, 0.2) is 0 Å². The summed E-state index contributed by atoms with van der Waals surface area (Å²) >= 11 is 0. The molecule has 2 aromatic carbocycles. The Morgan fingerprint density at radius 1 is 1.19 bits per heavy atom. The molecular weight excluding hydrogens is 410 g/mol. The van der Waals surface area contributed by atoms with E-state index in [1.54, 1.807) is 6.92 Å². The van der Waals surface area contributed by atoms with E-state index in [1.807, 2.05) is 5.32 Å². The monoisotopic (exact) mass is 425 g/mol. The smallest absolute Gasteiger partial charge is 0.339 e. The third kappa shape index (κ3) is 4.24. The summed E-state index contributed by atoms with van der Waals surface area (Å²) < 4.78 is 5.25. The lowest BCUT2D eigenvalue weighted by Gasteiger charge is -2.26. The first-order valence-corrected chi connectivity index (χ1v) is 8.89. The third-order valence-electron chi connectivity index (χ3n) is 4.27. The number of nitro benzene ring substituents is 1. The number of carbonyl (C=O) groups excluding carboxylic acids is 3. The summed E-state index contributed by atoms with van der Waals surface area (Å²) in [6.07, 6.45) is 1.14. The molecule has 0 unspecified atom stereocenters. The number of imide groups is 2. The Hall–Kier alpha value is -4.54. The standard InChI is InChI=1S/C20H15N3O8/c1-2-31-16-8-3-11(9-14(16)19(26)27)10-15-17(24)21-20(28)22(18(15)25)12-4-6-13(7-5-12)23(29)30/h3-10H,2H2,1H3,(H,26,27)(H,21,24,28). The Morgan fingerprint density at radius 3 is 2.45 bits per heavy atom. The fraction of sp³-hybridized carbons (Fsp3) is 0.100. The summed E-state index contributed by atoms with van der Waals surface area (Å²) in [5, 5.41) is 22.2. The van der Waals surface area contributed by atoms with Crippen molar-refractivity contribution in [1.82, 2.24) is 5.32 Å². The number of hydrogen-bond donors (Lipinski definition) is 2. The highest BCUT2D eigenvalue weighted by Gasteiger charge is 2.37. The van der Waals surface area contributed by atoms with Gasteiger partial charge < -0.3 is 9.84 Å². The number of ether oxygens (including phenoxy) is 1. The highest BCUT2D eigenvalue weighted by Crippen LogP contribution is 2.26. The van der Waals surface area contributed by atoms with Crippen LogP contribution in [-0.4, -0.2) is 40.5 Å². The largest absolute Gasteiger partial charge is 0.493 e. The lowest BCUT2D eigenvalue weighted by Crippen LogP contribution is -2.54. The van der Waals surface area contributed by atoms with E-state index in [0.717, 1.165) is 18.2 Å². The molecule has 4 amide bonds. The van der Waals surface area contributed by atoms with Crippen LogP contribution < -0.4 is 15.0 Å². The molecule has 0 aromatic heterocycles. The maximum atomic E-state index is 12.9. The quantitative estimate of drug-likeness (QED) is 0.309. The van der Waals surface area contributed by atoms with Gasteiger partial charge in [0.05, 0.1) is 17.2 Å². The van der Waals surface area contributed by atoms with Gasteiger partial charge in [0, 0.05) is 12.1 Å². The number of aromatic carboxylic acids is 1. The van der Waals surface area contributed by atoms with Crippen molar-refractivity contribution in [2.24, 2.45) is 0 Å². The molecule has 2 aromatic rings. The van der Waals surface area contributed by atoms with Crippen LogP contribution >= 0.6 is 0 Å². The maximum Gasteiger partial charge on any atom is 0.339 e. The zero-order chi connectivity index (χ0) is 22.7. The van der Waals surface area contributed by atoms with Gasteiger partial charge in [-0.3, -0.25) is 25.0 Å². The first-order valence-electron chi connectivity index (χ1n) is 8.89. The maximum absolute atomic E-state index is 12.9. The molecule has 1 fully saturated rings. The van der Waals surface area contributed by atoms with E-state index in [2.05, 4.69) is 0 Å². The van der Waals surface area contributed by atoms with Crippen LogP contribution in [0, 0.1) is 10.1 Å². The lowest BCUT2D eigenvalue weighted by atomic mass is 10.0. The van der Waals surface area contributed by atoms with Crippen LogP contribution in [0.5, 0.6) is 5.75 Å². The molecule has 31 heavy (non-hydrogen) atoms. The molecule has 0 bridgehead atoms. The van der Waals surface area contributed by atoms with Crippen LogP contribution in [0.25, 0.3) is 6.08 Å². The van der Waals surface area contributed by atoms with E-state index >= 15 is 0 Å². The van der Waals surface area contributed by atoms with E-state index in [-0.39, 0.29) is 34.9 Å². The Kier molecular flexibility index (Phi) is 5.77. The van der Waals surface area contributed by atoms with Crippen molar-refractivity contribution in [1.29, 1.82) is 0 Å². The fourth-order valence-corrected chi connectivity index (χ4v) is 2.87. The molecule has 1 saturated heterocycles. The number of carbonyl (C=O) groups is 4. The zero-order valence-electron chi connectivity index (χ0n) is 16.0. The molecule has 0 aliphatic carbocycles. The summed E-state index contributed by atoms with van der Waals surface area (Å²) in [6, 6.07) is 7.68. The van der Waals surface area contributed by atoms with Gasteiger partial charge >= 0.3 is 12.0 Å². The number of anilines is 1. The van der Waals surface area contributed by atoms with Crippen molar-refractivity contribution < 1.29 is 33.9 Å². The Balaban J connectivity index is 2.00. The number of nitrogens with zero attached hydrogens (tertiary/aromatic N) is 2. The van der Waals surface area contributed by atoms with Crippen molar-refractivity contribution in [2.75, 3.05) is 11.5 Å². The number of hydrogen-bond acceptors (Lipinski definition) is 7. The minimum Gasteiger partial charge on any atom is -0.493 e. The highest BCUT2D eigenvalue weighted by atomic mass is 16.6. The predicted octanol–water partition coefficient (Wildman–Crippen LogP) is 2.36. The summed E-state index contributed by atoms with van der Waals surface area (Å²) in [6.45, 7) is 1.93. The lowest BCUT2D eigenvalue weighted by molar-refractivity contribution is -0.384. The van der Waals surface area contributed by atoms with Crippen molar-refractivity contribution in [3.8, 4) is 5.75 Å². The minimum absolute atomic E-state index is 0.0180. The summed E-state index contributed by atoms with van der Waals surface area (Å²) in [7, 11) is 0. The van der Waals surface area contributed by atoms with E-state index in [4.69, 9.17) is 4.74 Å². The van der Waals surface area contributed by atoms with Crippen LogP contribution in [0.3, 0.4) is 0 Å². The SMILES string of the molecule is CCOc1ccc(C=C2C(=O)NC(=O)N(c3ccc([N+](=O)[O-])cc3)C2=O)cc1C(=O)O. The minimum atomic E-state index is -1.26. The normalized spacial score (nSPS) is 15.1. The van der Waals surface area contributed by atoms with Crippen molar-refractivity contribution in [2.45, 2.75) is 6.92 Å². The number of benzene rings is 2. The van der Waals surface area contributed by atoms with Crippen LogP contribution in [0.4, 0.5) is 16.2 Å². The highest BCUT2D eigenvalue weighted by molar-refractivity contribution is 6.39. The second-order valence-corrected chi connectivity index (χ2v) is 6.23. The molecule has 0 spiro atoms. The number of amides is 4. The van der Waals surface area contributed by atoms with Crippen molar-refractivity contribution in [3.05, 3.63) is 69.3 Å². The predicted molar refractivity (Wildman–Crippen MR) is 107 cm³/mol. The molecule has 158 valence electrons.